The summed E-state index contributed by atoms with van der Waals surface area (Å²) in [5.74, 6) is 0.147. The molecule has 6 nitrogen and oxygen atoms in total. The highest BCUT2D eigenvalue weighted by Crippen LogP contribution is 2.24. The van der Waals surface area contributed by atoms with Crippen LogP contribution in [0.5, 0.6) is 0 Å². The van der Waals surface area contributed by atoms with Crippen molar-refractivity contribution in [2.75, 3.05) is 10.8 Å². The van der Waals surface area contributed by atoms with Gasteiger partial charge in [-0.15, -0.1) is 0 Å². The van der Waals surface area contributed by atoms with Crippen molar-refractivity contribution in [2.45, 2.75) is 18.7 Å². The van der Waals surface area contributed by atoms with Gasteiger partial charge in [-0.05, 0) is 24.1 Å². The molecule has 0 radical (unpaired) electrons. The van der Waals surface area contributed by atoms with Crippen LogP contribution in [-0.4, -0.2) is 25.2 Å². The quantitative estimate of drug-likeness (QED) is 0.916. The fraction of sp³-hybridized carbons (Fsp3) is 0.286. The molecule has 0 bridgehead atoms. The van der Waals surface area contributed by atoms with E-state index in [9.17, 15) is 8.42 Å². The number of rotatable bonds is 5. The molecule has 0 spiro atoms. The van der Waals surface area contributed by atoms with E-state index >= 15 is 0 Å². The maximum Gasteiger partial charge on any atom is 0.264 e. The molecule has 0 saturated heterocycles. The Hall–Kier alpha value is -2.33. The van der Waals surface area contributed by atoms with Gasteiger partial charge in [0.1, 0.15) is 0 Å². The predicted octanol–water partition coefficient (Wildman–Crippen LogP) is 2.13. The molecule has 1 N–H and O–H groups in total. The van der Waals surface area contributed by atoms with E-state index in [1.54, 1.807) is 12.1 Å². The van der Waals surface area contributed by atoms with Gasteiger partial charge in [-0.1, -0.05) is 19.9 Å². The zero-order chi connectivity index (χ0) is 15.5. The molecule has 1 aromatic carbocycles. The minimum absolute atomic E-state index is 0.100. The molecule has 2 aromatic rings. The Balaban J connectivity index is 2.49. The van der Waals surface area contributed by atoms with E-state index in [4.69, 9.17) is 5.26 Å². The van der Waals surface area contributed by atoms with Crippen LogP contribution < -0.4 is 4.31 Å². The molecule has 110 valence electrons. The molecular weight excluding hydrogens is 288 g/mol. The minimum Gasteiger partial charge on any atom is -0.284 e. The fourth-order valence-corrected chi connectivity index (χ4v) is 3.56. The van der Waals surface area contributed by atoms with Crippen LogP contribution in [0.25, 0.3) is 0 Å². The second kappa shape index (κ2) is 5.97. The summed E-state index contributed by atoms with van der Waals surface area (Å²) < 4.78 is 26.9. The van der Waals surface area contributed by atoms with Gasteiger partial charge in [0.2, 0.25) is 0 Å². The lowest BCUT2D eigenvalue weighted by Gasteiger charge is -2.24. The maximum absolute atomic E-state index is 12.8. The first-order valence-corrected chi connectivity index (χ1v) is 7.91. The number of nitriles is 1. The van der Waals surface area contributed by atoms with Gasteiger partial charge >= 0.3 is 0 Å². The SMILES string of the molecule is CC(C)CN(c1cn[nH]c1)S(=O)(=O)c1cccc(C#N)c1. The van der Waals surface area contributed by atoms with E-state index in [-0.39, 0.29) is 10.8 Å². The fourth-order valence-electron chi connectivity index (χ4n) is 1.91. The second-order valence-corrected chi connectivity index (χ2v) is 6.89. The Morgan fingerprint density at radius 3 is 2.76 bits per heavy atom. The monoisotopic (exact) mass is 304 g/mol. The molecule has 2 rings (SSSR count). The van der Waals surface area contributed by atoms with Crippen molar-refractivity contribution in [3.05, 3.63) is 42.2 Å². The summed E-state index contributed by atoms with van der Waals surface area (Å²) in [5.41, 5.74) is 0.791. The first-order chi connectivity index (χ1) is 9.95. The van der Waals surface area contributed by atoms with E-state index in [0.29, 0.717) is 17.8 Å². The Morgan fingerprint density at radius 2 is 2.19 bits per heavy atom. The zero-order valence-corrected chi connectivity index (χ0v) is 12.6. The van der Waals surface area contributed by atoms with E-state index in [1.807, 2.05) is 19.9 Å². The Kier molecular flexibility index (Phi) is 4.29. The molecule has 1 heterocycles. The molecule has 0 unspecified atom stereocenters. The van der Waals surface area contributed by atoms with Crippen LogP contribution in [0, 0.1) is 17.2 Å². The van der Waals surface area contributed by atoms with Crippen LogP contribution in [0.4, 0.5) is 5.69 Å². The molecule has 0 saturated carbocycles. The third-order valence-corrected chi connectivity index (χ3v) is 4.64. The second-order valence-electron chi connectivity index (χ2n) is 5.03. The van der Waals surface area contributed by atoms with Crippen LogP contribution in [0.3, 0.4) is 0 Å². The number of aromatic nitrogens is 2. The van der Waals surface area contributed by atoms with Gasteiger partial charge < -0.3 is 0 Å². The van der Waals surface area contributed by atoms with Crippen molar-refractivity contribution in [3.63, 3.8) is 0 Å². The van der Waals surface area contributed by atoms with Gasteiger partial charge in [0.25, 0.3) is 10.0 Å². The maximum atomic E-state index is 12.8. The van der Waals surface area contributed by atoms with E-state index in [1.165, 1.54) is 28.8 Å². The smallest absolute Gasteiger partial charge is 0.264 e. The van der Waals surface area contributed by atoms with E-state index in [2.05, 4.69) is 10.2 Å². The Labute approximate surface area is 124 Å². The number of aromatic amines is 1. The standard InChI is InChI=1S/C14H16N4O2S/c1-11(2)10-18(13-8-16-17-9-13)21(19,20)14-5-3-4-12(6-14)7-15/h3-6,8-9,11H,10H2,1-2H3,(H,16,17). The summed E-state index contributed by atoms with van der Waals surface area (Å²) in [5, 5.41) is 15.4. The third-order valence-electron chi connectivity index (χ3n) is 2.85. The van der Waals surface area contributed by atoms with Crippen molar-refractivity contribution < 1.29 is 8.42 Å². The van der Waals surface area contributed by atoms with E-state index < -0.39 is 10.0 Å². The van der Waals surface area contributed by atoms with Crippen molar-refractivity contribution in [2.24, 2.45) is 5.92 Å². The number of sulfonamides is 1. The molecule has 0 aliphatic rings. The van der Waals surface area contributed by atoms with Crippen molar-refractivity contribution >= 4 is 15.7 Å². The van der Waals surface area contributed by atoms with Crippen LogP contribution in [0.2, 0.25) is 0 Å². The highest BCUT2D eigenvalue weighted by molar-refractivity contribution is 7.92. The lowest BCUT2D eigenvalue weighted by Crippen LogP contribution is -2.34. The highest BCUT2D eigenvalue weighted by Gasteiger charge is 2.26. The average Bonchev–Trinajstić information content (AvgIpc) is 2.98. The number of anilines is 1. The topological polar surface area (TPSA) is 89.8 Å². The lowest BCUT2D eigenvalue weighted by molar-refractivity contribution is 0.578. The summed E-state index contributed by atoms with van der Waals surface area (Å²) in [6.45, 7) is 4.21. The number of nitrogens with zero attached hydrogens (tertiary/aromatic N) is 3. The normalized spacial score (nSPS) is 11.3. The van der Waals surface area contributed by atoms with Gasteiger partial charge in [-0.3, -0.25) is 9.40 Å². The molecule has 7 heteroatoms. The lowest BCUT2D eigenvalue weighted by atomic mass is 10.2. The first kappa shape index (κ1) is 15.1. The first-order valence-electron chi connectivity index (χ1n) is 6.47. The van der Waals surface area contributed by atoms with Crippen molar-refractivity contribution in [3.8, 4) is 6.07 Å². The summed E-state index contributed by atoms with van der Waals surface area (Å²) in [4.78, 5) is 0.100. The third kappa shape index (κ3) is 3.23. The van der Waals surface area contributed by atoms with Gasteiger partial charge in [0, 0.05) is 12.7 Å². The number of hydrogen-bond acceptors (Lipinski definition) is 4. The van der Waals surface area contributed by atoms with Gasteiger partial charge in [0.05, 0.1) is 28.4 Å². The molecule has 1 aromatic heterocycles. The van der Waals surface area contributed by atoms with E-state index in [0.717, 1.165) is 0 Å². The van der Waals surface area contributed by atoms with Crippen molar-refractivity contribution in [1.29, 1.82) is 5.26 Å². The largest absolute Gasteiger partial charge is 0.284 e. The van der Waals surface area contributed by atoms with Crippen LogP contribution in [0.1, 0.15) is 19.4 Å². The molecule has 21 heavy (non-hydrogen) atoms. The van der Waals surface area contributed by atoms with Gasteiger partial charge in [-0.2, -0.15) is 10.4 Å². The van der Waals surface area contributed by atoms with Gasteiger partial charge in [0.15, 0.2) is 0 Å². The molecule has 0 aliphatic carbocycles. The summed E-state index contributed by atoms with van der Waals surface area (Å²) in [7, 11) is -3.73. The van der Waals surface area contributed by atoms with Crippen LogP contribution in [-0.2, 0) is 10.0 Å². The molecule has 0 amide bonds. The molecule has 0 fully saturated rings. The number of nitrogens with one attached hydrogen (secondary N) is 1. The summed E-state index contributed by atoms with van der Waals surface area (Å²) in [6, 6.07) is 7.96. The molecular formula is C14H16N4O2S. The predicted molar refractivity (Wildman–Crippen MR) is 79.1 cm³/mol. The zero-order valence-electron chi connectivity index (χ0n) is 11.8. The minimum atomic E-state index is -3.73. The van der Waals surface area contributed by atoms with Crippen LogP contribution >= 0.6 is 0 Å². The summed E-state index contributed by atoms with van der Waals surface area (Å²) in [6.07, 6.45) is 3.00. The van der Waals surface area contributed by atoms with Crippen LogP contribution in [0.15, 0.2) is 41.6 Å². The number of benzene rings is 1. The molecule has 0 atom stereocenters. The average molecular weight is 304 g/mol. The Bertz CT molecular complexity index is 746. The summed E-state index contributed by atoms with van der Waals surface area (Å²) >= 11 is 0. The Morgan fingerprint density at radius 1 is 1.43 bits per heavy atom. The van der Waals surface area contributed by atoms with Crippen molar-refractivity contribution in [1.82, 2.24) is 10.2 Å². The number of hydrogen-bond donors (Lipinski definition) is 1. The van der Waals surface area contributed by atoms with Gasteiger partial charge in [-0.25, -0.2) is 8.42 Å². The highest BCUT2D eigenvalue weighted by atomic mass is 32.2. The molecule has 0 aliphatic heterocycles. The number of H-pyrrole nitrogens is 1.